The van der Waals surface area contributed by atoms with Crippen molar-refractivity contribution >= 4 is 17.6 Å². The zero-order chi connectivity index (χ0) is 12.8. The molecule has 0 saturated carbocycles. The van der Waals surface area contributed by atoms with Gasteiger partial charge in [0.05, 0.1) is 19.6 Å². The lowest BCUT2D eigenvalue weighted by atomic mass is 9.95. The van der Waals surface area contributed by atoms with Gasteiger partial charge in [-0.1, -0.05) is 17.7 Å². The van der Waals surface area contributed by atoms with Crippen LogP contribution in [0.3, 0.4) is 0 Å². The molecule has 0 amide bonds. The minimum Gasteiger partial charge on any atom is -0.481 e. The first-order valence-corrected chi connectivity index (χ1v) is 6.28. The smallest absolute Gasteiger partial charge is 0.303 e. The molecule has 2 aliphatic rings. The number of hydrogen-bond acceptors (Lipinski definition) is 3. The second kappa shape index (κ2) is 4.23. The Labute approximate surface area is 109 Å². The molecule has 18 heavy (non-hydrogen) atoms. The van der Waals surface area contributed by atoms with Crippen LogP contribution >= 0.6 is 11.6 Å². The van der Waals surface area contributed by atoms with E-state index in [1.807, 2.05) is 18.2 Å². The number of carboxylic acid groups (broad SMARTS) is 1. The molecule has 1 aliphatic heterocycles. The van der Waals surface area contributed by atoms with Crippen molar-refractivity contribution in [1.29, 1.82) is 0 Å². The zero-order valence-electron chi connectivity index (χ0n) is 9.69. The number of rotatable bonds is 2. The molecular weight excluding hydrogens is 256 g/mol. The number of aliphatic carboxylic acids is 1. The van der Waals surface area contributed by atoms with E-state index in [9.17, 15) is 4.79 Å². The zero-order valence-corrected chi connectivity index (χ0v) is 10.4. The van der Waals surface area contributed by atoms with Gasteiger partial charge in [0, 0.05) is 16.5 Å². The van der Waals surface area contributed by atoms with Crippen LogP contribution in [0.15, 0.2) is 18.2 Å². The average Bonchev–Trinajstić information content (AvgIpc) is 2.89. The summed E-state index contributed by atoms with van der Waals surface area (Å²) in [6.07, 6.45) is 0.686. The number of ether oxygens (including phenoxy) is 2. The second-order valence-corrected chi connectivity index (χ2v) is 5.10. The van der Waals surface area contributed by atoms with Crippen molar-refractivity contribution in [2.75, 3.05) is 13.2 Å². The van der Waals surface area contributed by atoms with Gasteiger partial charge < -0.3 is 14.6 Å². The van der Waals surface area contributed by atoms with Crippen LogP contribution < -0.4 is 0 Å². The van der Waals surface area contributed by atoms with E-state index >= 15 is 0 Å². The summed E-state index contributed by atoms with van der Waals surface area (Å²) in [5, 5.41) is 9.63. The largest absolute Gasteiger partial charge is 0.481 e. The molecule has 1 aliphatic carbocycles. The highest BCUT2D eigenvalue weighted by Gasteiger charge is 2.52. The van der Waals surface area contributed by atoms with Gasteiger partial charge in [0.1, 0.15) is 0 Å². The van der Waals surface area contributed by atoms with Gasteiger partial charge in [0.2, 0.25) is 0 Å². The van der Waals surface area contributed by atoms with E-state index in [2.05, 4.69) is 0 Å². The first-order chi connectivity index (χ1) is 8.62. The minimum atomic E-state index is -0.904. The number of carboxylic acids is 1. The third kappa shape index (κ3) is 1.72. The molecule has 1 aromatic rings. The predicted octanol–water partition coefficient (Wildman–Crippen LogP) is 2.19. The van der Waals surface area contributed by atoms with Crippen molar-refractivity contribution in [2.24, 2.45) is 5.92 Å². The van der Waals surface area contributed by atoms with Gasteiger partial charge in [-0.25, -0.2) is 0 Å². The number of carbonyl (C=O) groups is 1. The summed E-state index contributed by atoms with van der Waals surface area (Å²) in [6.45, 7) is 0.976. The Morgan fingerprint density at radius 2 is 2.17 bits per heavy atom. The summed E-state index contributed by atoms with van der Waals surface area (Å²) < 4.78 is 11.5. The summed E-state index contributed by atoms with van der Waals surface area (Å²) in [6, 6.07) is 5.56. The molecule has 3 rings (SSSR count). The molecule has 4 nitrogen and oxygen atoms in total. The lowest BCUT2D eigenvalue weighted by Crippen LogP contribution is -2.34. The quantitative estimate of drug-likeness (QED) is 0.893. The third-order valence-corrected chi connectivity index (χ3v) is 3.82. The standard InChI is InChI=1S/C13H13ClO4/c14-10-2-1-8-5-9(6-12(15)16)13(11(8)7-10)17-3-4-18-13/h1-2,7,9H,3-6H2,(H,15,16). The van der Waals surface area contributed by atoms with Crippen LogP contribution in [0.2, 0.25) is 5.02 Å². The van der Waals surface area contributed by atoms with Crippen LogP contribution in [0.5, 0.6) is 0 Å². The van der Waals surface area contributed by atoms with Crippen LogP contribution in [0.25, 0.3) is 0 Å². The Hall–Kier alpha value is -1.10. The van der Waals surface area contributed by atoms with Crippen molar-refractivity contribution in [3.8, 4) is 0 Å². The summed E-state index contributed by atoms with van der Waals surface area (Å²) in [5.74, 6) is -1.93. The highest BCUT2D eigenvalue weighted by molar-refractivity contribution is 6.30. The van der Waals surface area contributed by atoms with Crippen LogP contribution in [-0.2, 0) is 26.5 Å². The fourth-order valence-electron chi connectivity index (χ4n) is 2.91. The maximum absolute atomic E-state index is 11.0. The molecule has 1 fully saturated rings. The molecule has 0 radical (unpaired) electrons. The second-order valence-electron chi connectivity index (χ2n) is 4.66. The van der Waals surface area contributed by atoms with Crippen molar-refractivity contribution in [3.63, 3.8) is 0 Å². The monoisotopic (exact) mass is 268 g/mol. The lowest BCUT2D eigenvalue weighted by Gasteiger charge is -2.29. The molecule has 1 atom stereocenters. The van der Waals surface area contributed by atoms with Crippen molar-refractivity contribution < 1.29 is 19.4 Å². The Balaban J connectivity index is 2.04. The van der Waals surface area contributed by atoms with Gasteiger partial charge in [-0.2, -0.15) is 0 Å². The Morgan fingerprint density at radius 1 is 1.44 bits per heavy atom. The van der Waals surface area contributed by atoms with Crippen LogP contribution in [0.1, 0.15) is 17.5 Å². The van der Waals surface area contributed by atoms with Crippen LogP contribution in [-0.4, -0.2) is 24.3 Å². The molecule has 1 aromatic carbocycles. The Morgan fingerprint density at radius 3 is 2.83 bits per heavy atom. The molecule has 1 saturated heterocycles. The Bertz CT molecular complexity index is 494. The molecule has 1 N–H and O–H groups in total. The SMILES string of the molecule is O=C(O)CC1Cc2ccc(Cl)cc2C12OCCO2. The summed E-state index contributed by atoms with van der Waals surface area (Å²) in [7, 11) is 0. The van der Waals surface area contributed by atoms with Gasteiger partial charge in [0.25, 0.3) is 0 Å². The molecule has 1 unspecified atom stereocenters. The lowest BCUT2D eigenvalue weighted by molar-refractivity contribution is -0.201. The highest BCUT2D eigenvalue weighted by atomic mass is 35.5. The summed E-state index contributed by atoms with van der Waals surface area (Å²) in [5.41, 5.74) is 1.95. The number of halogens is 1. The van der Waals surface area contributed by atoms with E-state index in [0.717, 1.165) is 11.1 Å². The maximum atomic E-state index is 11.0. The predicted molar refractivity (Wildman–Crippen MR) is 64.5 cm³/mol. The first kappa shape index (κ1) is 12.0. The van der Waals surface area contributed by atoms with Gasteiger partial charge in [-0.3, -0.25) is 4.79 Å². The topological polar surface area (TPSA) is 55.8 Å². The van der Waals surface area contributed by atoms with E-state index < -0.39 is 11.8 Å². The Kier molecular flexibility index (Phi) is 2.81. The number of benzene rings is 1. The fourth-order valence-corrected chi connectivity index (χ4v) is 3.08. The van der Waals surface area contributed by atoms with Gasteiger partial charge in [0.15, 0.2) is 5.79 Å². The molecule has 5 heteroatoms. The minimum absolute atomic E-state index is 0.0340. The van der Waals surface area contributed by atoms with E-state index in [1.54, 1.807) is 0 Å². The maximum Gasteiger partial charge on any atom is 0.303 e. The summed E-state index contributed by atoms with van der Waals surface area (Å²) >= 11 is 6.01. The number of hydrogen-bond donors (Lipinski definition) is 1. The molecule has 1 spiro atoms. The third-order valence-electron chi connectivity index (χ3n) is 3.59. The average molecular weight is 269 g/mol. The fraction of sp³-hybridized carbons (Fsp3) is 0.462. The van der Waals surface area contributed by atoms with Crippen molar-refractivity contribution in [3.05, 3.63) is 34.3 Å². The van der Waals surface area contributed by atoms with E-state index in [1.165, 1.54) is 0 Å². The molecule has 1 heterocycles. The van der Waals surface area contributed by atoms with Crippen LogP contribution in [0.4, 0.5) is 0 Å². The van der Waals surface area contributed by atoms with E-state index in [4.69, 9.17) is 26.2 Å². The van der Waals surface area contributed by atoms with Crippen molar-refractivity contribution in [2.45, 2.75) is 18.6 Å². The highest BCUT2D eigenvalue weighted by Crippen LogP contribution is 2.49. The normalized spacial score (nSPS) is 24.4. The number of fused-ring (bicyclic) bond motifs is 2. The van der Waals surface area contributed by atoms with Gasteiger partial charge in [-0.05, 0) is 24.1 Å². The van der Waals surface area contributed by atoms with Gasteiger partial charge in [-0.15, -0.1) is 0 Å². The van der Waals surface area contributed by atoms with Crippen LogP contribution in [0, 0.1) is 5.92 Å². The van der Waals surface area contributed by atoms with E-state index in [-0.39, 0.29) is 12.3 Å². The molecule has 0 aromatic heterocycles. The van der Waals surface area contributed by atoms with E-state index in [0.29, 0.717) is 24.7 Å². The summed E-state index contributed by atoms with van der Waals surface area (Å²) in [4.78, 5) is 11.0. The first-order valence-electron chi connectivity index (χ1n) is 5.90. The molecule has 96 valence electrons. The molecule has 0 bridgehead atoms. The van der Waals surface area contributed by atoms with Gasteiger partial charge >= 0.3 is 5.97 Å². The van der Waals surface area contributed by atoms with Crippen molar-refractivity contribution in [1.82, 2.24) is 0 Å². The molecular formula is C13H13ClO4.